The van der Waals surface area contributed by atoms with Gasteiger partial charge in [0.1, 0.15) is 23.9 Å². The Hall–Kier alpha value is -4.50. The van der Waals surface area contributed by atoms with Crippen LogP contribution in [-0.4, -0.2) is 12.9 Å². The summed E-state index contributed by atoms with van der Waals surface area (Å²) in [6.45, 7) is 6.46. The Morgan fingerprint density at radius 2 is 1.74 bits per heavy atom. The molecule has 0 spiro atoms. The Morgan fingerprint density at radius 1 is 1.00 bits per heavy atom. The third-order valence-corrected chi connectivity index (χ3v) is 7.66. The zero-order valence-electron chi connectivity index (χ0n) is 22.9. The van der Waals surface area contributed by atoms with E-state index in [1.165, 1.54) is 0 Å². The zero-order valence-corrected chi connectivity index (χ0v) is 22.9. The number of Topliss-reactive ketones (excluding diaryl/α,β-unsaturated/α-hetero) is 1. The van der Waals surface area contributed by atoms with E-state index in [1.807, 2.05) is 67.3 Å². The van der Waals surface area contributed by atoms with E-state index in [2.05, 4.69) is 25.1 Å². The largest absolute Gasteiger partial charge is 0.497 e. The summed E-state index contributed by atoms with van der Waals surface area (Å²) in [5.41, 5.74) is 14.7. The van der Waals surface area contributed by atoms with Crippen molar-refractivity contribution in [2.75, 3.05) is 12.0 Å². The maximum absolute atomic E-state index is 13.6. The van der Waals surface area contributed by atoms with Crippen molar-refractivity contribution in [2.45, 2.75) is 52.6 Å². The maximum atomic E-state index is 13.6. The van der Waals surface area contributed by atoms with Crippen LogP contribution >= 0.6 is 0 Å². The van der Waals surface area contributed by atoms with Gasteiger partial charge in [0.25, 0.3) is 0 Å². The summed E-state index contributed by atoms with van der Waals surface area (Å²) in [6, 6.07) is 22.1. The van der Waals surface area contributed by atoms with Gasteiger partial charge in [0.05, 0.1) is 24.7 Å². The van der Waals surface area contributed by atoms with E-state index in [0.29, 0.717) is 30.0 Å². The molecule has 0 radical (unpaired) electrons. The predicted octanol–water partition coefficient (Wildman–Crippen LogP) is 6.50. The van der Waals surface area contributed by atoms with Crippen molar-refractivity contribution in [1.82, 2.24) is 0 Å². The Morgan fingerprint density at radius 3 is 2.44 bits per heavy atom. The molecule has 1 unspecified atom stereocenters. The van der Waals surface area contributed by atoms with Gasteiger partial charge in [-0.15, -0.1) is 0 Å². The summed E-state index contributed by atoms with van der Waals surface area (Å²) < 4.78 is 11.3. The van der Waals surface area contributed by atoms with Gasteiger partial charge in [0.2, 0.25) is 0 Å². The second kappa shape index (κ2) is 10.7. The number of hydrogen-bond donors (Lipinski definition) is 1. The number of allylic oxidation sites excluding steroid dienone is 3. The Balaban J connectivity index is 1.60. The van der Waals surface area contributed by atoms with Crippen molar-refractivity contribution in [3.05, 3.63) is 111 Å². The van der Waals surface area contributed by atoms with Gasteiger partial charge in [-0.2, -0.15) is 5.26 Å². The zero-order chi connectivity index (χ0) is 27.7. The Labute approximate surface area is 230 Å². The number of carbonyl (C=O) groups excluding carboxylic acids is 1. The molecule has 1 aliphatic heterocycles. The standard InChI is InChI=1S/C33H33N3O3/c1-20-7-5-8-24(15-20)36-29-9-6-10-30(37)32(29)31(28(18-34)33(36)35)27-17-23(21(2)16-22(27)3)19-39-26-13-11-25(38-4)12-14-26/h5,7-8,11-17,31H,6,9-10,19,35H2,1-4H3. The van der Waals surface area contributed by atoms with E-state index < -0.39 is 5.92 Å². The first-order valence-electron chi connectivity index (χ1n) is 13.2. The van der Waals surface area contributed by atoms with Gasteiger partial charge in [-0.25, -0.2) is 0 Å². The molecule has 2 aliphatic rings. The van der Waals surface area contributed by atoms with Gasteiger partial charge in [0.15, 0.2) is 5.78 Å². The molecule has 0 amide bonds. The molecule has 3 aromatic rings. The number of anilines is 1. The first kappa shape index (κ1) is 26.1. The Kier molecular flexibility index (Phi) is 7.17. The highest BCUT2D eigenvalue weighted by atomic mass is 16.5. The average Bonchev–Trinajstić information content (AvgIpc) is 2.92. The third-order valence-electron chi connectivity index (χ3n) is 7.66. The van der Waals surface area contributed by atoms with Gasteiger partial charge in [-0.1, -0.05) is 24.3 Å². The number of nitrogens with zero attached hydrogens (tertiary/aromatic N) is 2. The number of methoxy groups -OCH3 is 1. The molecule has 0 saturated carbocycles. The van der Waals surface area contributed by atoms with Gasteiger partial charge in [-0.3, -0.25) is 9.69 Å². The van der Waals surface area contributed by atoms with Gasteiger partial charge < -0.3 is 15.2 Å². The molecular weight excluding hydrogens is 486 g/mol. The van der Waals surface area contributed by atoms with Gasteiger partial charge in [-0.05, 0) is 97.8 Å². The molecule has 0 fully saturated rings. The summed E-state index contributed by atoms with van der Waals surface area (Å²) in [4.78, 5) is 15.5. The van der Waals surface area contributed by atoms with Crippen LogP contribution in [0, 0.1) is 32.1 Å². The van der Waals surface area contributed by atoms with Gasteiger partial charge in [0, 0.05) is 23.4 Å². The summed E-state index contributed by atoms with van der Waals surface area (Å²) in [6.07, 6.45) is 1.95. The van der Waals surface area contributed by atoms with Crippen LogP contribution in [0.15, 0.2) is 83.3 Å². The monoisotopic (exact) mass is 519 g/mol. The molecule has 0 saturated heterocycles. The van der Waals surface area contributed by atoms with Crippen LogP contribution in [0.5, 0.6) is 11.5 Å². The number of benzene rings is 3. The third kappa shape index (κ3) is 4.88. The second-order valence-corrected chi connectivity index (χ2v) is 10.3. The Bertz CT molecular complexity index is 1540. The number of carbonyl (C=O) groups is 1. The smallest absolute Gasteiger partial charge is 0.161 e. The fourth-order valence-corrected chi connectivity index (χ4v) is 5.68. The van der Waals surface area contributed by atoms with Crippen LogP contribution in [0.25, 0.3) is 0 Å². The average molecular weight is 520 g/mol. The lowest BCUT2D eigenvalue weighted by Crippen LogP contribution is -2.39. The van der Waals surface area contributed by atoms with Crippen LogP contribution in [0.3, 0.4) is 0 Å². The number of ketones is 1. The number of nitriles is 1. The molecule has 1 heterocycles. The fraction of sp³-hybridized carbons (Fsp3) is 0.273. The summed E-state index contributed by atoms with van der Waals surface area (Å²) in [5.74, 6) is 1.45. The van der Waals surface area contributed by atoms with Crippen LogP contribution in [0.1, 0.15) is 53.0 Å². The maximum Gasteiger partial charge on any atom is 0.161 e. The highest BCUT2D eigenvalue weighted by Crippen LogP contribution is 2.47. The normalized spacial score (nSPS) is 17.2. The molecule has 1 atom stereocenters. The minimum Gasteiger partial charge on any atom is -0.497 e. The lowest BCUT2D eigenvalue weighted by Gasteiger charge is -2.40. The van der Waals surface area contributed by atoms with Crippen molar-refractivity contribution in [3.8, 4) is 17.6 Å². The lowest BCUT2D eigenvalue weighted by atomic mass is 9.74. The van der Waals surface area contributed by atoms with Crippen LogP contribution < -0.4 is 20.1 Å². The van der Waals surface area contributed by atoms with E-state index in [-0.39, 0.29) is 5.78 Å². The first-order chi connectivity index (χ1) is 18.8. The molecule has 5 rings (SSSR count). The van der Waals surface area contributed by atoms with E-state index in [4.69, 9.17) is 15.2 Å². The minimum atomic E-state index is -0.515. The molecule has 198 valence electrons. The fourth-order valence-electron chi connectivity index (χ4n) is 5.68. The molecule has 2 N–H and O–H groups in total. The van der Waals surface area contributed by atoms with Crippen LogP contribution in [0.2, 0.25) is 0 Å². The number of aryl methyl sites for hydroxylation is 3. The molecule has 39 heavy (non-hydrogen) atoms. The SMILES string of the molecule is COc1ccc(OCc2cc(C3C(C#N)=C(N)N(c4cccc(C)c4)C4=C3C(=O)CCC4)c(C)cc2C)cc1. The predicted molar refractivity (Wildman–Crippen MR) is 152 cm³/mol. The highest BCUT2D eigenvalue weighted by Gasteiger charge is 2.41. The summed E-state index contributed by atoms with van der Waals surface area (Å²) >= 11 is 0. The number of rotatable bonds is 6. The van der Waals surface area contributed by atoms with Crippen molar-refractivity contribution in [1.29, 1.82) is 5.26 Å². The van der Waals surface area contributed by atoms with Crippen LogP contribution in [0.4, 0.5) is 5.69 Å². The molecule has 6 nitrogen and oxygen atoms in total. The lowest BCUT2D eigenvalue weighted by molar-refractivity contribution is -0.116. The number of hydrogen-bond acceptors (Lipinski definition) is 6. The quantitative estimate of drug-likeness (QED) is 0.400. The van der Waals surface area contributed by atoms with Gasteiger partial charge >= 0.3 is 0 Å². The van der Waals surface area contributed by atoms with E-state index in [9.17, 15) is 10.1 Å². The van der Waals surface area contributed by atoms with Crippen molar-refractivity contribution in [3.63, 3.8) is 0 Å². The van der Waals surface area contributed by atoms with Crippen LogP contribution in [-0.2, 0) is 11.4 Å². The van der Waals surface area contributed by atoms with E-state index >= 15 is 0 Å². The first-order valence-corrected chi connectivity index (χ1v) is 13.2. The van der Waals surface area contributed by atoms with Crippen molar-refractivity contribution < 1.29 is 14.3 Å². The highest BCUT2D eigenvalue weighted by molar-refractivity contribution is 6.01. The number of nitrogens with two attached hydrogens (primary N) is 1. The summed E-state index contributed by atoms with van der Waals surface area (Å²) in [7, 11) is 1.63. The van der Waals surface area contributed by atoms with E-state index in [0.717, 1.165) is 63.5 Å². The van der Waals surface area contributed by atoms with Crippen molar-refractivity contribution in [2.24, 2.45) is 5.73 Å². The second-order valence-electron chi connectivity index (χ2n) is 10.3. The molecular formula is C33H33N3O3. The van der Waals surface area contributed by atoms with E-state index in [1.54, 1.807) is 7.11 Å². The molecule has 3 aromatic carbocycles. The summed E-state index contributed by atoms with van der Waals surface area (Å²) in [5, 5.41) is 10.4. The number of ether oxygens (including phenoxy) is 2. The van der Waals surface area contributed by atoms with Crippen molar-refractivity contribution >= 4 is 11.5 Å². The molecule has 1 aliphatic carbocycles. The molecule has 6 heteroatoms. The molecule has 0 bridgehead atoms. The minimum absolute atomic E-state index is 0.0789. The molecule has 0 aromatic heterocycles. The topological polar surface area (TPSA) is 88.6 Å².